The van der Waals surface area contributed by atoms with Gasteiger partial charge in [-0.3, -0.25) is 4.79 Å². The summed E-state index contributed by atoms with van der Waals surface area (Å²) in [6.45, 7) is 7.85. The van der Waals surface area contributed by atoms with Gasteiger partial charge in [0.25, 0.3) is 0 Å². The second-order valence-corrected chi connectivity index (χ2v) is 8.88. The summed E-state index contributed by atoms with van der Waals surface area (Å²) >= 11 is 0. The number of piperazine rings is 1. The first-order chi connectivity index (χ1) is 10.6. The highest BCUT2D eigenvalue weighted by molar-refractivity contribution is 7.89. The van der Waals surface area contributed by atoms with E-state index in [2.05, 4.69) is 10.2 Å². The average molecular weight is 339 g/mol. The molecule has 0 atom stereocenters. The zero-order valence-corrected chi connectivity index (χ0v) is 15.0. The summed E-state index contributed by atoms with van der Waals surface area (Å²) in [5, 5.41) is 2.77. The number of carbonyl (C=O) groups is 1. The van der Waals surface area contributed by atoms with Crippen molar-refractivity contribution in [1.82, 2.24) is 9.21 Å². The summed E-state index contributed by atoms with van der Waals surface area (Å²) in [6, 6.07) is 6.45. The Morgan fingerprint density at radius 2 is 1.74 bits per heavy atom. The van der Waals surface area contributed by atoms with Crippen molar-refractivity contribution in [2.24, 2.45) is 5.41 Å². The summed E-state index contributed by atoms with van der Waals surface area (Å²) in [6.07, 6.45) is 0. The van der Waals surface area contributed by atoms with Crippen LogP contribution in [0, 0.1) is 5.41 Å². The molecule has 1 saturated heterocycles. The van der Waals surface area contributed by atoms with Crippen LogP contribution < -0.4 is 5.32 Å². The van der Waals surface area contributed by atoms with E-state index in [1.165, 1.54) is 10.4 Å². The van der Waals surface area contributed by atoms with Gasteiger partial charge in [-0.05, 0) is 25.2 Å². The first-order valence-electron chi connectivity index (χ1n) is 7.71. The first-order valence-corrected chi connectivity index (χ1v) is 9.15. The molecule has 0 bridgehead atoms. The maximum Gasteiger partial charge on any atom is 0.243 e. The Balaban J connectivity index is 2.20. The maximum atomic E-state index is 12.7. The highest BCUT2D eigenvalue weighted by Crippen LogP contribution is 2.22. The lowest BCUT2D eigenvalue weighted by molar-refractivity contribution is -0.123. The summed E-state index contributed by atoms with van der Waals surface area (Å²) in [7, 11) is -1.55. The van der Waals surface area contributed by atoms with E-state index >= 15 is 0 Å². The number of hydrogen-bond donors (Lipinski definition) is 1. The van der Waals surface area contributed by atoms with E-state index < -0.39 is 15.4 Å². The zero-order chi connectivity index (χ0) is 17.3. The van der Waals surface area contributed by atoms with Crippen LogP contribution in [0.4, 0.5) is 5.69 Å². The molecule has 1 amide bonds. The number of anilines is 1. The molecule has 1 aromatic carbocycles. The molecule has 1 aromatic rings. The Morgan fingerprint density at radius 1 is 1.13 bits per heavy atom. The molecular formula is C16H25N3O3S. The summed E-state index contributed by atoms with van der Waals surface area (Å²) in [5.41, 5.74) is -0.0353. The molecule has 0 aliphatic carbocycles. The van der Waals surface area contributed by atoms with Gasteiger partial charge in [0.15, 0.2) is 0 Å². The minimum atomic E-state index is -3.52. The summed E-state index contributed by atoms with van der Waals surface area (Å²) in [4.78, 5) is 14.4. The molecule has 7 heteroatoms. The van der Waals surface area contributed by atoms with Crippen molar-refractivity contribution >= 4 is 21.6 Å². The SMILES string of the molecule is CN1CCN(S(=O)(=O)c2cccc(NC(=O)C(C)(C)C)c2)CC1. The van der Waals surface area contributed by atoms with Crippen molar-refractivity contribution in [2.45, 2.75) is 25.7 Å². The third kappa shape index (κ3) is 4.31. The van der Waals surface area contributed by atoms with Gasteiger partial charge in [0, 0.05) is 37.3 Å². The molecule has 0 saturated carbocycles. The lowest BCUT2D eigenvalue weighted by Gasteiger charge is -2.31. The molecule has 128 valence electrons. The highest BCUT2D eigenvalue weighted by atomic mass is 32.2. The van der Waals surface area contributed by atoms with E-state index in [0.717, 1.165) is 13.1 Å². The Kier molecular flexibility index (Phi) is 5.13. The van der Waals surface area contributed by atoms with Gasteiger partial charge in [0.05, 0.1) is 4.90 Å². The molecule has 1 N–H and O–H groups in total. The highest BCUT2D eigenvalue weighted by Gasteiger charge is 2.28. The molecule has 6 nitrogen and oxygen atoms in total. The predicted molar refractivity (Wildman–Crippen MR) is 90.8 cm³/mol. The van der Waals surface area contributed by atoms with E-state index in [-0.39, 0.29) is 10.8 Å². The molecule has 0 aromatic heterocycles. The van der Waals surface area contributed by atoms with Crippen molar-refractivity contribution in [2.75, 3.05) is 38.5 Å². The molecule has 0 unspecified atom stereocenters. The van der Waals surface area contributed by atoms with Crippen LogP contribution in [-0.2, 0) is 14.8 Å². The minimum Gasteiger partial charge on any atom is -0.326 e. The number of nitrogens with one attached hydrogen (secondary N) is 1. The van der Waals surface area contributed by atoms with Gasteiger partial charge in [-0.2, -0.15) is 4.31 Å². The van der Waals surface area contributed by atoms with Crippen molar-refractivity contribution in [3.8, 4) is 0 Å². The third-order valence-electron chi connectivity index (χ3n) is 3.87. The molecule has 0 spiro atoms. The van der Waals surface area contributed by atoms with Gasteiger partial charge in [0.2, 0.25) is 15.9 Å². The van der Waals surface area contributed by atoms with Crippen LogP contribution in [-0.4, -0.2) is 56.8 Å². The fraction of sp³-hybridized carbons (Fsp3) is 0.562. The zero-order valence-electron chi connectivity index (χ0n) is 14.2. The van der Waals surface area contributed by atoms with Crippen LogP contribution in [0.2, 0.25) is 0 Å². The predicted octanol–water partition coefficient (Wildman–Crippen LogP) is 1.61. The fourth-order valence-corrected chi connectivity index (χ4v) is 3.70. The van der Waals surface area contributed by atoms with E-state index in [9.17, 15) is 13.2 Å². The third-order valence-corrected chi connectivity index (χ3v) is 5.77. The van der Waals surface area contributed by atoms with Crippen LogP contribution in [0.25, 0.3) is 0 Å². The summed E-state index contributed by atoms with van der Waals surface area (Å²) in [5.74, 6) is -0.147. The van der Waals surface area contributed by atoms with E-state index in [0.29, 0.717) is 18.8 Å². The van der Waals surface area contributed by atoms with Crippen LogP contribution in [0.3, 0.4) is 0 Å². The van der Waals surface area contributed by atoms with Gasteiger partial charge in [0.1, 0.15) is 0 Å². The lowest BCUT2D eigenvalue weighted by atomic mass is 9.95. The molecule has 2 rings (SSSR count). The summed E-state index contributed by atoms with van der Waals surface area (Å²) < 4.78 is 26.9. The van der Waals surface area contributed by atoms with E-state index in [1.807, 2.05) is 27.8 Å². The van der Waals surface area contributed by atoms with Crippen LogP contribution >= 0.6 is 0 Å². The number of likely N-dealkylation sites (N-methyl/N-ethyl adjacent to an activating group) is 1. The minimum absolute atomic E-state index is 0.147. The number of benzene rings is 1. The molecule has 0 radical (unpaired) electrons. The van der Waals surface area contributed by atoms with Gasteiger partial charge in [-0.15, -0.1) is 0 Å². The number of rotatable bonds is 3. The van der Waals surface area contributed by atoms with Crippen LogP contribution in [0.15, 0.2) is 29.2 Å². The van der Waals surface area contributed by atoms with Crippen molar-refractivity contribution < 1.29 is 13.2 Å². The van der Waals surface area contributed by atoms with Gasteiger partial charge in [-0.1, -0.05) is 26.8 Å². The standard InChI is InChI=1S/C16H25N3O3S/c1-16(2,3)15(20)17-13-6-5-7-14(12-13)23(21,22)19-10-8-18(4)9-11-19/h5-7,12H,8-11H2,1-4H3,(H,17,20). The van der Waals surface area contributed by atoms with E-state index in [4.69, 9.17) is 0 Å². The number of carbonyl (C=O) groups excluding carboxylic acids is 1. The first kappa shape index (κ1) is 17.9. The quantitative estimate of drug-likeness (QED) is 0.908. The fourth-order valence-electron chi connectivity index (χ4n) is 2.23. The van der Waals surface area contributed by atoms with Gasteiger partial charge < -0.3 is 10.2 Å². The normalized spacial score (nSPS) is 17.9. The number of amides is 1. The number of nitrogens with zero attached hydrogens (tertiary/aromatic N) is 2. The molecule has 1 aliphatic rings. The van der Waals surface area contributed by atoms with Crippen molar-refractivity contribution in [1.29, 1.82) is 0 Å². The van der Waals surface area contributed by atoms with Crippen LogP contribution in [0.5, 0.6) is 0 Å². The molecule has 1 aliphatic heterocycles. The maximum absolute atomic E-state index is 12.7. The van der Waals surface area contributed by atoms with Gasteiger partial charge in [-0.25, -0.2) is 8.42 Å². The Bertz CT molecular complexity index is 672. The Morgan fingerprint density at radius 3 is 2.30 bits per heavy atom. The number of hydrogen-bond acceptors (Lipinski definition) is 4. The molecule has 23 heavy (non-hydrogen) atoms. The largest absolute Gasteiger partial charge is 0.326 e. The lowest BCUT2D eigenvalue weighted by Crippen LogP contribution is -2.47. The Labute approximate surface area is 138 Å². The van der Waals surface area contributed by atoms with Gasteiger partial charge >= 0.3 is 0 Å². The second kappa shape index (κ2) is 6.59. The van der Waals surface area contributed by atoms with Crippen molar-refractivity contribution in [3.05, 3.63) is 24.3 Å². The van der Waals surface area contributed by atoms with Crippen molar-refractivity contribution in [3.63, 3.8) is 0 Å². The van der Waals surface area contributed by atoms with E-state index in [1.54, 1.807) is 18.2 Å². The topological polar surface area (TPSA) is 69.7 Å². The Hall–Kier alpha value is -1.44. The second-order valence-electron chi connectivity index (χ2n) is 6.94. The average Bonchev–Trinajstić information content (AvgIpc) is 2.47. The molecular weight excluding hydrogens is 314 g/mol. The molecule has 1 heterocycles. The number of sulfonamides is 1. The monoisotopic (exact) mass is 339 g/mol. The molecule has 1 fully saturated rings. The van der Waals surface area contributed by atoms with Crippen LogP contribution in [0.1, 0.15) is 20.8 Å². The smallest absolute Gasteiger partial charge is 0.243 e.